The van der Waals surface area contributed by atoms with Crippen molar-refractivity contribution in [3.63, 3.8) is 0 Å². The van der Waals surface area contributed by atoms with Gasteiger partial charge in [-0.25, -0.2) is 4.98 Å². The highest BCUT2D eigenvalue weighted by Gasteiger charge is 2.32. The molecule has 0 aliphatic carbocycles. The monoisotopic (exact) mass is 1080 g/mol. The maximum Gasteiger partial charge on any atom is 0.416 e. The van der Waals surface area contributed by atoms with Crippen LogP contribution in [0.3, 0.4) is 0 Å². The molecule has 3 aromatic heterocycles. The van der Waals surface area contributed by atoms with Crippen molar-refractivity contribution in [3.8, 4) is 122 Å². The summed E-state index contributed by atoms with van der Waals surface area (Å²) in [6.45, 7) is 0. The zero-order chi connectivity index (χ0) is 58.6. The number of halogens is 3. The molecule has 0 saturated carbocycles. The van der Waals surface area contributed by atoms with Crippen molar-refractivity contribution < 1.29 is 13.2 Å². The van der Waals surface area contributed by atoms with Crippen molar-refractivity contribution in [2.45, 2.75) is 6.18 Å². The average molecular weight is 1080 g/mol. The number of benzene rings is 9. The van der Waals surface area contributed by atoms with Crippen LogP contribution < -0.4 is 0 Å². The summed E-state index contributed by atoms with van der Waals surface area (Å²) in [4.78, 5) is 5.14. The summed E-state index contributed by atoms with van der Waals surface area (Å²) in [7, 11) is 0. The summed E-state index contributed by atoms with van der Waals surface area (Å²) in [5.41, 5.74) is 8.56. The van der Waals surface area contributed by atoms with E-state index in [-0.39, 0.29) is 67.0 Å². The van der Waals surface area contributed by atoms with Crippen molar-refractivity contribution in [1.82, 2.24) is 14.1 Å². The third-order valence-electron chi connectivity index (χ3n) is 14.7. The van der Waals surface area contributed by atoms with Crippen LogP contribution in [-0.4, -0.2) is 14.1 Å². The topological polar surface area (TPSA) is 237 Å². The van der Waals surface area contributed by atoms with Gasteiger partial charge in [0.1, 0.15) is 5.82 Å². The van der Waals surface area contributed by atoms with E-state index in [1.807, 2.05) is 75.9 Å². The summed E-state index contributed by atoms with van der Waals surface area (Å²) in [5.74, 6) is 0.253. The van der Waals surface area contributed by atoms with Crippen LogP contribution in [-0.2, 0) is 6.18 Å². The molecule has 0 bridgehead atoms. The number of pyridine rings is 1. The molecule has 12 aromatic rings. The average Bonchev–Trinajstić information content (AvgIpc) is 1.80. The van der Waals surface area contributed by atoms with Crippen molar-refractivity contribution in [2.75, 3.05) is 0 Å². The fraction of sp³-hybridized carbons (Fsp3) is 0.0145. The Balaban J connectivity index is 1.16. The molecule has 9 aromatic carbocycles. The second-order valence-corrected chi connectivity index (χ2v) is 19.7. The Hall–Kier alpha value is -13.1. The van der Waals surface area contributed by atoms with Crippen LogP contribution in [0.5, 0.6) is 0 Å². The predicted octanol–water partition coefficient (Wildman–Crippen LogP) is 15.5. The lowest BCUT2D eigenvalue weighted by atomic mass is 9.97. The molecule has 0 atom stereocenters. The molecule has 0 unspecified atom stereocenters. The number of aromatic nitrogens is 3. The molecular formula is C69H29F3N12. The van der Waals surface area contributed by atoms with Gasteiger partial charge in [-0.15, -0.1) is 0 Å². The Kier molecular flexibility index (Phi) is 12.5. The summed E-state index contributed by atoms with van der Waals surface area (Å²) < 4.78 is 48.7. The van der Waals surface area contributed by atoms with Gasteiger partial charge < -0.3 is 4.57 Å². The van der Waals surface area contributed by atoms with E-state index >= 15 is 13.2 Å². The normalized spacial score (nSPS) is 10.9. The summed E-state index contributed by atoms with van der Waals surface area (Å²) >= 11 is 0. The molecule has 0 aliphatic rings. The van der Waals surface area contributed by atoms with Crippen LogP contribution in [0.25, 0.3) is 111 Å². The van der Waals surface area contributed by atoms with Crippen molar-refractivity contribution >= 4 is 43.6 Å². The second kappa shape index (κ2) is 20.3. The lowest BCUT2D eigenvalue weighted by Gasteiger charge is -2.18. The van der Waals surface area contributed by atoms with Gasteiger partial charge >= 0.3 is 6.18 Å². The van der Waals surface area contributed by atoms with Crippen LogP contribution in [0.4, 0.5) is 13.2 Å². The Morgan fingerprint density at radius 2 is 0.583 bits per heavy atom. The Morgan fingerprint density at radius 1 is 0.298 bits per heavy atom. The number of rotatable bonds is 7. The van der Waals surface area contributed by atoms with Crippen LogP contribution in [0, 0.1) is 102 Å². The minimum Gasteiger partial charge on any atom is -0.307 e. The van der Waals surface area contributed by atoms with Crippen molar-refractivity contribution in [1.29, 1.82) is 47.4 Å². The summed E-state index contributed by atoms with van der Waals surface area (Å²) in [6, 6.07) is 65.1. The second-order valence-electron chi connectivity index (χ2n) is 19.7. The quantitative estimate of drug-likeness (QED) is 0.146. The molecule has 3 heterocycles. The number of alkyl halides is 3. The molecule has 12 nitrogen and oxygen atoms in total. The molecule has 0 saturated heterocycles. The number of fused-ring (bicyclic) bond motifs is 6. The first-order chi connectivity index (χ1) is 40.7. The first-order valence-corrected chi connectivity index (χ1v) is 25.4. The predicted molar refractivity (Wildman–Crippen MR) is 308 cm³/mol. The van der Waals surface area contributed by atoms with Crippen LogP contribution >= 0.6 is 0 Å². The van der Waals surface area contributed by atoms with E-state index in [0.29, 0.717) is 93.8 Å². The molecular weight excluding hydrogens is 1050 g/mol. The van der Waals surface area contributed by atoms with Gasteiger partial charge in [-0.05, 0) is 196 Å². The molecule has 0 fully saturated rings. The molecule has 84 heavy (non-hydrogen) atoms. The molecule has 0 spiro atoms. The van der Waals surface area contributed by atoms with Gasteiger partial charge in [-0.1, -0.05) is 24.3 Å². The lowest BCUT2D eigenvalue weighted by molar-refractivity contribution is -0.137. The molecule has 0 N–H and O–H groups in total. The molecule has 15 heteroatoms. The van der Waals surface area contributed by atoms with Crippen LogP contribution in [0.15, 0.2) is 176 Å². The van der Waals surface area contributed by atoms with Gasteiger partial charge in [-0.3, -0.25) is 4.57 Å². The maximum absolute atomic E-state index is 15.0. The van der Waals surface area contributed by atoms with Crippen LogP contribution in [0.2, 0.25) is 0 Å². The highest BCUT2D eigenvalue weighted by Crippen LogP contribution is 2.44. The first kappa shape index (κ1) is 51.7. The minimum absolute atomic E-state index is 0.0275. The molecule has 0 amide bonds. The van der Waals surface area contributed by atoms with Crippen molar-refractivity contribution in [2.24, 2.45) is 0 Å². The van der Waals surface area contributed by atoms with Gasteiger partial charge in [-0.2, -0.15) is 60.5 Å². The van der Waals surface area contributed by atoms with Crippen LogP contribution in [0.1, 0.15) is 55.6 Å². The molecule has 386 valence electrons. The first-order valence-electron chi connectivity index (χ1n) is 25.4. The summed E-state index contributed by atoms with van der Waals surface area (Å²) in [6.07, 6.45) is -3.32. The van der Waals surface area contributed by atoms with Gasteiger partial charge in [0, 0.05) is 27.1 Å². The lowest BCUT2D eigenvalue weighted by Crippen LogP contribution is -2.07. The van der Waals surface area contributed by atoms with E-state index in [1.54, 1.807) is 72.9 Å². The zero-order valence-corrected chi connectivity index (χ0v) is 43.2. The third-order valence-corrected chi connectivity index (χ3v) is 14.7. The number of nitriles is 9. The van der Waals surface area contributed by atoms with E-state index in [1.165, 1.54) is 30.3 Å². The van der Waals surface area contributed by atoms with E-state index in [4.69, 9.17) is 4.98 Å². The van der Waals surface area contributed by atoms with E-state index < -0.39 is 11.7 Å². The Morgan fingerprint density at radius 3 is 0.881 bits per heavy atom. The van der Waals surface area contributed by atoms with E-state index in [9.17, 15) is 47.4 Å². The fourth-order valence-corrected chi connectivity index (χ4v) is 10.9. The molecule has 0 radical (unpaired) electrons. The van der Waals surface area contributed by atoms with Gasteiger partial charge in [0.25, 0.3) is 0 Å². The number of hydrogen-bond donors (Lipinski definition) is 0. The molecule has 12 rings (SSSR count). The minimum atomic E-state index is -4.87. The molecule has 0 aliphatic heterocycles. The smallest absolute Gasteiger partial charge is 0.307 e. The standard InChI is InChI=1S/C69H29F3N12/c70-69(71,72)57-22-47(37-81)21-56(23-57)58-28-68(84-65-7-3-50(54-17-43(33-77)11-44(18-54)34-78)26-61(65)62-27-51(4-8-66(62)84)55-19-45(35-79)12-46(20-55)36-80)82-38-67(58)83-63-5-1-48(52-13-39(29-73)9-40(14-52)30-74)24-59(63)60-25-49(2-6-64(60)83)53-15-41(31-75)10-42(16-53)32-76/h1-28,38H. The number of hydrogen-bond acceptors (Lipinski definition) is 10. The Labute approximate surface area is 475 Å². The summed E-state index contributed by atoms with van der Waals surface area (Å²) in [5, 5.41) is 92.3. The fourth-order valence-electron chi connectivity index (χ4n) is 10.9. The highest BCUT2D eigenvalue weighted by molar-refractivity contribution is 6.13. The zero-order valence-electron chi connectivity index (χ0n) is 43.2. The SMILES string of the molecule is N#Cc1cc(C#N)cc(-c2ccc3c(c2)c2cc(-c4cc(C#N)cc(C#N)c4)ccc2n3-c2cc(-c3cc(C#N)cc(C(F)(F)F)c3)c(-n3c4ccc(-c5cc(C#N)cc(C#N)c5)cc4c4cc(-c5cc(C#N)cc(C#N)c5)ccc43)cn2)c1. The largest absolute Gasteiger partial charge is 0.416 e. The highest BCUT2D eigenvalue weighted by atomic mass is 19.4. The maximum atomic E-state index is 15.0. The van der Waals surface area contributed by atoms with Crippen molar-refractivity contribution in [3.05, 3.63) is 232 Å². The Bertz CT molecular complexity index is 4930. The number of nitrogens with zero attached hydrogens (tertiary/aromatic N) is 12. The van der Waals surface area contributed by atoms with E-state index in [0.717, 1.165) is 12.1 Å². The van der Waals surface area contributed by atoms with Gasteiger partial charge in [0.05, 0.1) is 144 Å². The van der Waals surface area contributed by atoms with E-state index in [2.05, 4.69) is 48.6 Å². The third kappa shape index (κ3) is 9.01. The van der Waals surface area contributed by atoms with Gasteiger partial charge in [0.2, 0.25) is 0 Å². The van der Waals surface area contributed by atoms with Gasteiger partial charge in [0.15, 0.2) is 0 Å².